The van der Waals surface area contributed by atoms with Crippen molar-refractivity contribution in [2.45, 2.75) is 19.8 Å². The summed E-state index contributed by atoms with van der Waals surface area (Å²) in [6, 6.07) is 6.65. The highest BCUT2D eigenvalue weighted by Crippen LogP contribution is 2.39. The summed E-state index contributed by atoms with van der Waals surface area (Å²) in [5, 5.41) is 0.219. The number of rotatable bonds is 6. The summed E-state index contributed by atoms with van der Waals surface area (Å²) in [4.78, 5) is 28.7. The van der Waals surface area contributed by atoms with Gasteiger partial charge in [-0.1, -0.05) is 23.7 Å². The SMILES string of the molecule is CCOC(=O)C1=C(C)N=C(Cl)/C(=C\NNC(N)=S)C1c1ccc(C(=O)OC)cc1. The number of hydrogen-bond acceptors (Lipinski definition) is 7. The minimum absolute atomic E-state index is 0.0297. The molecular weight excluding hydrogens is 416 g/mol. The molecule has 8 nitrogen and oxygen atoms in total. The highest BCUT2D eigenvalue weighted by atomic mass is 35.5. The Hall–Kier alpha value is -2.91. The second-order valence-corrected chi connectivity index (χ2v) is 6.70. The monoisotopic (exact) mass is 436 g/mol. The number of halogens is 1. The van der Waals surface area contributed by atoms with E-state index in [9.17, 15) is 9.59 Å². The Morgan fingerprint density at radius 2 is 1.97 bits per heavy atom. The van der Waals surface area contributed by atoms with Crippen molar-refractivity contribution in [1.29, 1.82) is 0 Å². The minimum Gasteiger partial charge on any atom is -0.465 e. The number of methoxy groups -OCH3 is 1. The lowest BCUT2D eigenvalue weighted by molar-refractivity contribution is -0.138. The molecular formula is C19H21ClN4O4S. The van der Waals surface area contributed by atoms with Crippen LogP contribution in [-0.2, 0) is 14.3 Å². The molecule has 1 aliphatic rings. The zero-order chi connectivity index (χ0) is 21.6. The second-order valence-electron chi connectivity index (χ2n) is 5.90. The number of nitrogens with zero attached hydrogens (tertiary/aromatic N) is 1. The lowest BCUT2D eigenvalue weighted by atomic mass is 9.82. The van der Waals surface area contributed by atoms with Gasteiger partial charge in [-0.15, -0.1) is 0 Å². The van der Waals surface area contributed by atoms with E-state index in [2.05, 4.69) is 15.8 Å². The summed E-state index contributed by atoms with van der Waals surface area (Å²) in [6.45, 7) is 3.61. The molecule has 0 fully saturated rings. The maximum atomic E-state index is 12.7. The van der Waals surface area contributed by atoms with Crippen molar-refractivity contribution in [1.82, 2.24) is 10.9 Å². The Labute approximate surface area is 178 Å². The molecule has 2 rings (SSSR count). The maximum Gasteiger partial charge on any atom is 0.337 e. The summed E-state index contributed by atoms with van der Waals surface area (Å²) in [5.74, 6) is -1.56. The first-order chi connectivity index (χ1) is 13.8. The molecule has 0 amide bonds. The summed E-state index contributed by atoms with van der Waals surface area (Å²) < 4.78 is 9.95. The minimum atomic E-state index is -0.591. The predicted molar refractivity (Wildman–Crippen MR) is 114 cm³/mol. The molecule has 1 aromatic rings. The van der Waals surface area contributed by atoms with E-state index in [-0.39, 0.29) is 16.9 Å². The maximum absolute atomic E-state index is 12.7. The smallest absolute Gasteiger partial charge is 0.337 e. The number of ether oxygens (including phenoxy) is 2. The van der Waals surface area contributed by atoms with Gasteiger partial charge in [0.25, 0.3) is 0 Å². The average Bonchev–Trinajstić information content (AvgIpc) is 2.68. The Balaban J connectivity index is 2.56. The van der Waals surface area contributed by atoms with Gasteiger partial charge < -0.3 is 20.6 Å². The molecule has 0 aliphatic carbocycles. The van der Waals surface area contributed by atoms with Crippen LogP contribution in [0, 0.1) is 0 Å². The van der Waals surface area contributed by atoms with E-state index < -0.39 is 17.9 Å². The third kappa shape index (κ3) is 5.33. The van der Waals surface area contributed by atoms with E-state index in [1.54, 1.807) is 38.1 Å². The van der Waals surface area contributed by atoms with Crippen LogP contribution < -0.4 is 16.6 Å². The molecule has 1 aromatic carbocycles. The first-order valence-electron chi connectivity index (χ1n) is 8.61. The number of esters is 2. The fourth-order valence-electron chi connectivity index (χ4n) is 2.83. The number of hydrazine groups is 1. The number of nitrogens with two attached hydrogens (primary N) is 1. The Bertz CT molecular complexity index is 909. The van der Waals surface area contributed by atoms with Crippen molar-refractivity contribution in [2.75, 3.05) is 13.7 Å². The fraction of sp³-hybridized carbons (Fsp3) is 0.263. The molecule has 0 aromatic heterocycles. The Morgan fingerprint density at radius 3 is 2.52 bits per heavy atom. The van der Waals surface area contributed by atoms with Gasteiger partial charge in [0.15, 0.2) is 5.11 Å². The van der Waals surface area contributed by atoms with Crippen LogP contribution >= 0.6 is 23.8 Å². The zero-order valence-corrected chi connectivity index (χ0v) is 17.7. The van der Waals surface area contributed by atoms with Gasteiger partial charge in [-0.3, -0.25) is 5.43 Å². The Kier molecular flexibility index (Phi) is 7.74. The van der Waals surface area contributed by atoms with Gasteiger partial charge in [-0.25, -0.2) is 14.6 Å². The number of aliphatic imine (C=N–C) groups is 1. The summed E-state index contributed by atoms with van der Waals surface area (Å²) in [5.41, 5.74) is 13.1. The molecule has 4 N–H and O–H groups in total. The van der Waals surface area contributed by atoms with Crippen molar-refractivity contribution >= 4 is 46.0 Å². The number of allylic oxidation sites excluding steroid dienone is 2. The number of hydrogen-bond donors (Lipinski definition) is 3. The number of carbonyl (C=O) groups is 2. The van der Waals surface area contributed by atoms with Crippen molar-refractivity contribution in [2.24, 2.45) is 10.7 Å². The van der Waals surface area contributed by atoms with Crippen LogP contribution in [0.1, 0.15) is 35.7 Å². The molecule has 1 heterocycles. The first-order valence-corrected chi connectivity index (χ1v) is 9.40. The standard InChI is InChI=1S/C19H21ClN4O4S/c1-4-28-18(26)14-10(2)23-16(20)13(9-22-24-19(21)29)15(14)11-5-7-12(8-6-11)17(25)27-3/h5-9,15,22H,4H2,1-3H3,(H3,21,24,29)/b13-9-. The van der Waals surface area contributed by atoms with Crippen molar-refractivity contribution < 1.29 is 19.1 Å². The third-order valence-corrected chi connectivity index (χ3v) is 4.48. The molecule has 0 saturated heterocycles. The average molecular weight is 437 g/mol. The molecule has 29 heavy (non-hydrogen) atoms. The highest BCUT2D eigenvalue weighted by molar-refractivity contribution is 7.80. The van der Waals surface area contributed by atoms with E-state index in [0.717, 1.165) is 0 Å². The molecule has 0 saturated carbocycles. The molecule has 1 atom stereocenters. The largest absolute Gasteiger partial charge is 0.465 e. The van der Waals surface area contributed by atoms with Crippen LogP contribution in [0.3, 0.4) is 0 Å². The third-order valence-electron chi connectivity index (χ3n) is 4.08. The first kappa shape index (κ1) is 22.4. The van der Waals surface area contributed by atoms with E-state index in [1.165, 1.54) is 13.3 Å². The van der Waals surface area contributed by atoms with Gasteiger partial charge >= 0.3 is 11.9 Å². The number of carbonyl (C=O) groups excluding carboxylic acids is 2. The highest BCUT2D eigenvalue weighted by Gasteiger charge is 2.34. The lowest BCUT2D eigenvalue weighted by Crippen LogP contribution is -2.38. The van der Waals surface area contributed by atoms with Crippen molar-refractivity contribution in [3.63, 3.8) is 0 Å². The number of nitrogens with one attached hydrogen (secondary N) is 2. The normalized spacial score (nSPS) is 17.4. The van der Waals surface area contributed by atoms with Gasteiger partial charge in [-0.05, 0) is 43.8 Å². The van der Waals surface area contributed by atoms with Gasteiger partial charge in [0, 0.05) is 17.7 Å². The van der Waals surface area contributed by atoms with Gasteiger partial charge in [-0.2, -0.15) is 0 Å². The second kappa shape index (κ2) is 10.0. The van der Waals surface area contributed by atoms with Crippen LogP contribution in [-0.4, -0.2) is 35.9 Å². The molecule has 0 radical (unpaired) electrons. The number of thiocarbonyl (C=S) groups is 1. The van der Waals surface area contributed by atoms with E-state index in [1.807, 2.05) is 0 Å². The fourth-order valence-corrected chi connectivity index (χ4v) is 3.18. The summed E-state index contributed by atoms with van der Waals surface area (Å²) in [6.07, 6.45) is 1.52. The van der Waals surface area contributed by atoms with Gasteiger partial charge in [0.05, 0.1) is 30.6 Å². The van der Waals surface area contributed by atoms with Crippen LogP contribution in [0.15, 0.2) is 52.3 Å². The topological polar surface area (TPSA) is 115 Å². The molecule has 154 valence electrons. The molecule has 1 aliphatic heterocycles. The summed E-state index contributed by atoms with van der Waals surface area (Å²) in [7, 11) is 1.31. The van der Waals surface area contributed by atoms with Crippen LogP contribution in [0.2, 0.25) is 0 Å². The van der Waals surface area contributed by atoms with Crippen molar-refractivity contribution in [3.8, 4) is 0 Å². The molecule has 0 bridgehead atoms. The lowest BCUT2D eigenvalue weighted by Gasteiger charge is -2.27. The van der Waals surface area contributed by atoms with Crippen LogP contribution in [0.25, 0.3) is 0 Å². The van der Waals surface area contributed by atoms with E-state index in [0.29, 0.717) is 28.0 Å². The van der Waals surface area contributed by atoms with Gasteiger partial charge in [0.2, 0.25) is 0 Å². The number of benzene rings is 1. The molecule has 0 spiro atoms. The van der Waals surface area contributed by atoms with Gasteiger partial charge in [0.1, 0.15) is 5.17 Å². The molecule has 10 heteroatoms. The summed E-state index contributed by atoms with van der Waals surface area (Å²) >= 11 is 11.1. The van der Waals surface area contributed by atoms with Crippen molar-refractivity contribution in [3.05, 3.63) is 58.4 Å². The Morgan fingerprint density at radius 1 is 1.31 bits per heavy atom. The van der Waals surface area contributed by atoms with E-state index >= 15 is 0 Å². The molecule has 1 unspecified atom stereocenters. The van der Waals surface area contributed by atoms with Crippen LogP contribution in [0.5, 0.6) is 0 Å². The van der Waals surface area contributed by atoms with E-state index in [4.69, 9.17) is 39.0 Å². The van der Waals surface area contributed by atoms with Crippen LogP contribution in [0.4, 0.5) is 0 Å². The predicted octanol–water partition coefficient (Wildman–Crippen LogP) is 2.27. The zero-order valence-electron chi connectivity index (χ0n) is 16.1. The quantitative estimate of drug-likeness (QED) is 0.353.